The Hall–Kier alpha value is -2.26. The molecule has 158 valence electrons. The second kappa shape index (κ2) is 10.3. The molecule has 1 aromatic carbocycles. The highest BCUT2D eigenvalue weighted by Gasteiger charge is 2.36. The lowest BCUT2D eigenvalue weighted by atomic mass is 10.0. The number of carbonyl (C=O) groups excluding carboxylic acids is 2. The van der Waals surface area contributed by atoms with Crippen LogP contribution < -0.4 is 5.32 Å². The molecule has 0 fully saturated rings. The van der Waals surface area contributed by atoms with Crippen LogP contribution in [0.5, 0.6) is 0 Å². The predicted molar refractivity (Wildman–Crippen MR) is 88.0 cm³/mol. The van der Waals surface area contributed by atoms with Crippen LogP contribution in [0.15, 0.2) is 18.2 Å². The van der Waals surface area contributed by atoms with Gasteiger partial charge in [-0.15, -0.1) is 0 Å². The zero-order valence-electron chi connectivity index (χ0n) is 15.2. The summed E-state index contributed by atoms with van der Waals surface area (Å²) in [5, 5.41) is 2.26. The van der Waals surface area contributed by atoms with E-state index in [2.05, 4.69) is 5.32 Å². The van der Waals surface area contributed by atoms with Gasteiger partial charge in [0, 0.05) is 19.4 Å². The highest BCUT2D eigenvalue weighted by molar-refractivity contribution is 5.77. The minimum atomic E-state index is -4.95. The highest BCUT2D eigenvalue weighted by atomic mass is 19.4. The topological polar surface area (TPSA) is 55.4 Å². The SMILES string of the molecule is CCCCOC(=O)CCCC(=O)NCc1cc(C(F)(F)F)cc(C(F)(F)F)c1. The minimum absolute atomic E-state index is 0.00108. The van der Waals surface area contributed by atoms with Crippen molar-refractivity contribution >= 4 is 11.9 Å². The standard InChI is InChI=1S/C18H21F6NO3/c1-2-3-7-28-16(27)6-4-5-15(26)25-11-12-8-13(17(19,20)21)10-14(9-12)18(22,23)24/h8-10H,2-7,11H2,1H3,(H,25,26). The van der Waals surface area contributed by atoms with Gasteiger partial charge in [0.25, 0.3) is 0 Å². The summed E-state index contributed by atoms with van der Waals surface area (Å²) in [6.45, 7) is 1.73. The number of carbonyl (C=O) groups is 2. The molecular weight excluding hydrogens is 392 g/mol. The smallest absolute Gasteiger partial charge is 0.416 e. The Bertz CT molecular complexity index is 638. The van der Waals surface area contributed by atoms with Gasteiger partial charge in [0.2, 0.25) is 5.91 Å². The molecule has 0 aliphatic carbocycles. The van der Waals surface area contributed by atoms with Crippen LogP contribution in [0.1, 0.15) is 55.7 Å². The zero-order valence-corrected chi connectivity index (χ0v) is 15.2. The predicted octanol–water partition coefficient (Wildman–Crippen LogP) is 4.85. The summed E-state index contributed by atoms with van der Waals surface area (Å²) in [6, 6.07) is 1.14. The molecule has 0 saturated heterocycles. The maximum atomic E-state index is 12.8. The second-order valence-electron chi connectivity index (χ2n) is 6.12. The molecule has 0 aromatic heterocycles. The molecule has 0 radical (unpaired) electrons. The molecule has 0 unspecified atom stereocenters. The molecule has 0 heterocycles. The number of unbranched alkanes of at least 4 members (excludes halogenated alkanes) is 1. The van der Waals surface area contributed by atoms with Gasteiger partial charge in [-0.1, -0.05) is 13.3 Å². The Labute approximate surface area is 158 Å². The summed E-state index contributed by atoms with van der Waals surface area (Å²) in [7, 11) is 0. The minimum Gasteiger partial charge on any atom is -0.466 e. The fourth-order valence-corrected chi connectivity index (χ4v) is 2.21. The van der Waals surface area contributed by atoms with E-state index in [1.165, 1.54) is 0 Å². The van der Waals surface area contributed by atoms with E-state index < -0.39 is 41.9 Å². The summed E-state index contributed by atoms with van der Waals surface area (Å²) in [5.74, 6) is -1.05. The monoisotopic (exact) mass is 413 g/mol. The van der Waals surface area contributed by atoms with Gasteiger partial charge in [-0.25, -0.2) is 0 Å². The lowest BCUT2D eigenvalue weighted by molar-refractivity contribution is -0.144. The van der Waals surface area contributed by atoms with Gasteiger partial charge in [0.1, 0.15) is 0 Å². The van der Waals surface area contributed by atoms with Crippen molar-refractivity contribution in [3.05, 3.63) is 34.9 Å². The quantitative estimate of drug-likeness (QED) is 0.358. The van der Waals surface area contributed by atoms with Gasteiger partial charge >= 0.3 is 18.3 Å². The fraction of sp³-hybridized carbons (Fsp3) is 0.556. The van der Waals surface area contributed by atoms with Gasteiger partial charge in [-0.2, -0.15) is 26.3 Å². The molecule has 1 amide bonds. The van der Waals surface area contributed by atoms with E-state index >= 15 is 0 Å². The number of benzene rings is 1. The molecule has 1 rings (SSSR count). The summed E-state index contributed by atoms with van der Waals surface area (Å²) >= 11 is 0. The fourth-order valence-electron chi connectivity index (χ4n) is 2.21. The molecule has 0 bridgehead atoms. The molecule has 0 spiro atoms. The summed E-state index contributed by atoms with van der Waals surface area (Å²) in [6.07, 6.45) is -8.25. The maximum absolute atomic E-state index is 12.8. The van der Waals surface area contributed by atoms with E-state index in [0.29, 0.717) is 18.7 Å². The van der Waals surface area contributed by atoms with Crippen LogP contribution >= 0.6 is 0 Å². The normalized spacial score (nSPS) is 12.0. The van der Waals surface area contributed by atoms with Gasteiger partial charge in [-0.05, 0) is 36.6 Å². The third-order valence-corrected chi connectivity index (χ3v) is 3.68. The molecule has 0 aliphatic rings. The van der Waals surface area contributed by atoms with E-state index in [0.717, 1.165) is 12.8 Å². The van der Waals surface area contributed by atoms with Crippen LogP contribution in [-0.2, 0) is 33.2 Å². The molecule has 1 aromatic rings. The number of rotatable bonds is 9. The number of esters is 1. The third kappa shape index (κ3) is 8.62. The van der Waals surface area contributed by atoms with E-state index in [1.54, 1.807) is 0 Å². The van der Waals surface area contributed by atoms with Crippen molar-refractivity contribution in [1.82, 2.24) is 5.32 Å². The van der Waals surface area contributed by atoms with Crippen molar-refractivity contribution < 1.29 is 40.7 Å². The average Bonchev–Trinajstić information content (AvgIpc) is 2.58. The second-order valence-corrected chi connectivity index (χ2v) is 6.12. The molecule has 0 saturated carbocycles. The van der Waals surface area contributed by atoms with Crippen LogP contribution in [-0.4, -0.2) is 18.5 Å². The molecule has 10 heteroatoms. The number of ether oxygens (including phenoxy) is 1. The zero-order chi connectivity index (χ0) is 21.4. The van der Waals surface area contributed by atoms with E-state index in [1.807, 2.05) is 6.92 Å². The van der Waals surface area contributed by atoms with E-state index in [9.17, 15) is 35.9 Å². The van der Waals surface area contributed by atoms with Crippen molar-refractivity contribution in [1.29, 1.82) is 0 Å². The molecule has 0 aliphatic heterocycles. The lowest BCUT2D eigenvalue weighted by Gasteiger charge is -2.14. The van der Waals surface area contributed by atoms with Crippen LogP contribution in [0.25, 0.3) is 0 Å². The molecule has 0 atom stereocenters. The Balaban J connectivity index is 2.59. The Kier molecular flexibility index (Phi) is 8.77. The average molecular weight is 413 g/mol. The van der Waals surface area contributed by atoms with E-state index in [-0.39, 0.29) is 30.9 Å². The van der Waals surface area contributed by atoms with Crippen LogP contribution in [0.4, 0.5) is 26.3 Å². The van der Waals surface area contributed by atoms with Gasteiger partial charge in [0.05, 0.1) is 17.7 Å². The van der Waals surface area contributed by atoms with Crippen LogP contribution in [0.2, 0.25) is 0 Å². The molecule has 1 N–H and O–H groups in total. The largest absolute Gasteiger partial charge is 0.466 e. The van der Waals surface area contributed by atoms with Crippen molar-refractivity contribution in [2.45, 2.75) is 57.9 Å². The first kappa shape index (κ1) is 23.8. The summed E-state index contributed by atoms with van der Waals surface area (Å²) in [5.41, 5.74) is -3.21. The van der Waals surface area contributed by atoms with Crippen LogP contribution in [0, 0.1) is 0 Å². The Morgan fingerprint density at radius 2 is 1.50 bits per heavy atom. The third-order valence-electron chi connectivity index (χ3n) is 3.68. The van der Waals surface area contributed by atoms with Crippen molar-refractivity contribution in [3.63, 3.8) is 0 Å². The molecule has 4 nitrogen and oxygen atoms in total. The van der Waals surface area contributed by atoms with Crippen molar-refractivity contribution in [2.24, 2.45) is 0 Å². The molecule has 28 heavy (non-hydrogen) atoms. The van der Waals surface area contributed by atoms with Crippen molar-refractivity contribution in [3.8, 4) is 0 Å². The highest BCUT2D eigenvalue weighted by Crippen LogP contribution is 2.36. The lowest BCUT2D eigenvalue weighted by Crippen LogP contribution is -2.23. The Morgan fingerprint density at radius 3 is 2.00 bits per heavy atom. The van der Waals surface area contributed by atoms with Gasteiger partial charge in [-0.3, -0.25) is 9.59 Å². The number of hydrogen-bond acceptors (Lipinski definition) is 3. The summed E-state index contributed by atoms with van der Waals surface area (Å²) in [4.78, 5) is 23.1. The van der Waals surface area contributed by atoms with Crippen molar-refractivity contribution in [2.75, 3.05) is 6.61 Å². The number of amides is 1. The van der Waals surface area contributed by atoms with Gasteiger partial charge < -0.3 is 10.1 Å². The van der Waals surface area contributed by atoms with Crippen LogP contribution in [0.3, 0.4) is 0 Å². The van der Waals surface area contributed by atoms with Gasteiger partial charge in [0.15, 0.2) is 0 Å². The number of hydrogen-bond donors (Lipinski definition) is 1. The summed E-state index contributed by atoms with van der Waals surface area (Å²) < 4.78 is 81.6. The first-order valence-electron chi connectivity index (χ1n) is 8.64. The number of alkyl halides is 6. The maximum Gasteiger partial charge on any atom is 0.416 e. The first-order valence-corrected chi connectivity index (χ1v) is 8.64. The molecular formula is C18H21F6NO3. The Morgan fingerprint density at radius 1 is 0.929 bits per heavy atom. The number of halogens is 6. The first-order chi connectivity index (χ1) is 12.9. The van der Waals surface area contributed by atoms with E-state index in [4.69, 9.17) is 4.74 Å². The number of nitrogens with one attached hydrogen (secondary N) is 1.